The molecule has 130 valence electrons. The highest BCUT2D eigenvalue weighted by atomic mass is 32.2. The first-order valence-corrected chi connectivity index (χ1v) is 9.19. The van der Waals surface area contributed by atoms with Crippen LogP contribution >= 0.6 is 0 Å². The zero-order chi connectivity index (χ0) is 17.5. The predicted octanol–water partition coefficient (Wildman–Crippen LogP) is 1.44. The van der Waals surface area contributed by atoms with Crippen LogP contribution < -0.4 is 20.1 Å². The van der Waals surface area contributed by atoms with Gasteiger partial charge in [-0.3, -0.25) is 4.79 Å². The fraction of sp³-hybridized carbons (Fsp3) is 0.533. The van der Waals surface area contributed by atoms with E-state index in [0.717, 1.165) is 19.1 Å². The topological polar surface area (TPSA) is 93.7 Å². The van der Waals surface area contributed by atoms with Crippen LogP contribution in [0, 0.1) is 0 Å². The minimum absolute atomic E-state index is 0.0234. The Morgan fingerprint density at radius 2 is 1.91 bits per heavy atom. The summed E-state index contributed by atoms with van der Waals surface area (Å²) < 4.78 is 34.3. The van der Waals surface area contributed by atoms with E-state index in [4.69, 9.17) is 9.47 Å². The zero-order valence-electron chi connectivity index (χ0n) is 13.9. The average Bonchev–Trinajstić information content (AvgIpc) is 2.51. The number of hydrogen-bond donors (Lipinski definition) is 2. The van der Waals surface area contributed by atoms with Gasteiger partial charge < -0.3 is 20.1 Å². The number of methoxy groups -OCH3 is 2. The lowest BCUT2D eigenvalue weighted by Gasteiger charge is -2.16. The van der Waals surface area contributed by atoms with Crippen LogP contribution in [0.15, 0.2) is 17.0 Å². The van der Waals surface area contributed by atoms with Gasteiger partial charge in [-0.1, -0.05) is 13.3 Å². The van der Waals surface area contributed by atoms with Gasteiger partial charge in [0.1, 0.15) is 5.75 Å². The van der Waals surface area contributed by atoms with E-state index < -0.39 is 9.84 Å². The summed E-state index contributed by atoms with van der Waals surface area (Å²) in [4.78, 5) is 11.7. The van der Waals surface area contributed by atoms with Gasteiger partial charge >= 0.3 is 0 Å². The molecule has 0 bridgehead atoms. The van der Waals surface area contributed by atoms with Crippen molar-refractivity contribution in [3.05, 3.63) is 12.1 Å². The van der Waals surface area contributed by atoms with Gasteiger partial charge in [-0.05, 0) is 18.6 Å². The van der Waals surface area contributed by atoms with Crippen molar-refractivity contribution in [2.24, 2.45) is 0 Å². The Balaban J connectivity index is 2.98. The third kappa shape index (κ3) is 5.31. The molecule has 1 amide bonds. The van der Waals surface area contributed by atoms with E-state index in [-0.39, 0.29) is 28.8 Å². The molecule has 0 aliphatic carbocycles. The van der Waals surface area contributed by atoms with Gasteiger partial charge in [0.25, 0.3) is 0 Å². The molecular formula is C15H24N2O5S. The minimum atomic E-state index is -3.56. The fourth-order valence-corrected chi connectivity index (χ4v) is 3.09. The van der Waals surface area contributed by atoms with Gasteiger partial charge in [0, 0.05) is 12.8 Å². The molecule has 0 saturated carbocycles. The first-order valence-electron chi connectivity index (χ1n) is 7.30. The number of rotatable bonds is 9. The van der Waals surface area contributed by atoms with Crippen molar-refractivity contribution in [1.29, 1.82) is 0 Å². The SMILES string of the molecule is CCCCNC(=O)CNc1ccc(OC)c(S(C)(=O)=O)c1OC. The average molecular weight is 344 g/mol. The first-order chi connectivity index (χ1) is 10.8. The van der Waals surface area contributed by atoms with Crippen LogP contribution in [0.5, 0.6) is 11.5 Å². The molecule has 0 aliphatic rings. The predicted molar refractivity (Wildman–Crippen MR) is 89.1 cm³/mol. The van der Waals surface area contributed by atoms with Crippen LogP contribution in [0.4, 0.5) is 5.69 Å². The van der Waals surface area contributed by atoms with Gasteiger partial charge in [-0.25, -0.2) is 8.42 Å². The molecule has 2 N–H and O–H groups in total. The van der Waals surface area contributed by atoms with Crippen LogP contribution in [0.1, 0.15) is 19.8 Å². The summed E-state index contributed by atoms with van der Waals surface area (Å²) in [5.41, 5.74) is 0.416. The molecule has 7 nitrogen and oxygen atoms in total. The molecule has 1 aromatic carbocycles. The monoisotopic (exact) mass is 344 g/mol. The number of carbonyl (C=O) groups excluding carboxylic acids is 1. The molecule has 1 aromatic rings. The Bertz CT molecular complexity index is 644. The lowest BCUT2D eigenvalue weighted by Crippen LogP contribution is -2.30. The summed E-state index contributed by atoms with van der Waals surface area (Å²) in [6, 6.07) is 3.14. The molecule has 0 aliphatic heterocycles. The number of nitrogens with one attached hydrogen (secondary N) is 2. The van der Waals surface area contributed by atoms with Gasteiger partial charge in [-0.15, -0.1) is 0 Å². The van der Waals surface area contributed by atoms with E-state index in [2.05, 4.69) is 10.6 Å². The molecule has 0 saturated heterocycles. The summed E-state index contributed by atoms with van der Waals surface area (Å²) in [5, 5.41) is 5.67. The number of hydrogen-bond acceptors (Lipinski definition) is 6. The van der Waals surface area contributed by atoms with Crippen molar-refractivity contribution in [3.63, 3.8) is 0 Å². The highest BCUT2D eigenvalue weighted by Gasteiger charge is 2.23. The van der Waals surface area contributed by atoms with Crippen molar-refractivity contribution in [2.45, 2.75) is 24.7 Å². The summed E-state index contributed by atoms with van der Waals surface area (Å²) in [5.74, 6) is 0.160. The standard InChI is InChI=1S/C15H24N2O5S/c1-5-6-9-16-13(18)10-17-11-7-8-12(21-2)15(14(11)22-3)23(4,19)20/h7-8,17H,5-6,9-10H2,1-4H3,(H,16,18). The van der Waals surface area contributed by atoms with Crippen molar-refractivity contribution < 1.29 is 22.7 Å². The summed E-state index contributed by atoms with van der Waals surface area (Å²) >= 11 is 0. The quantitative estimate of drug-likeness (QED) is 0.658. The van der Waals surface area contributed by atoms with Crippen molar-refractivity contribution in [3.8, 4) is 11.5 Å². The smallest absolute Gasteiger partial charge is 0.239 e. The normalized spacial score (nSPS) is 11.0. The van der Waals surface area contributed by atoms with E-state index in [1.807, 2.05) is 6.92 Å². The third-order valence-corrected chi connectivity index (χ3v) is 4.29. The van der Waals surface area contributed by atoms with Crippen molar-refractivity contribution in [2.75, 3.05) is 38.9 Å². The van der Waals surface area contributed by atoms with Crippen LogP contribution in [0.2, 0.25) is 0 Å². The number of sulfone groups is 1. The molecule has 0 fully saturated rings. The molecule has 0 atom stereocenters. The number of carbonyl (C=O) groups is 1. The highest BCUT2D eigenvalue weighted by molar-refractivity contribution is 7.91. The van der Waals surface area contributed by atoms with Crippen molar-refractivity contribution >= 4 is 21.4 Å². The molecular weight excluding hydrogens is 320 g/mol. The van der Waals surface area contributed by atoms with E-state index in [1.54, 1.807) is 6.07 Å². The number of benzene rings is 1. The number of ether oxygens (including phenoxy) is 2. The third-order valence-electron chi connectivity index (χ3n) is 3.16. The molecule has 1 rings (SSSR count). The van der Waals surface area contributed by atoms with E-state index in [0.29, 0.717) is 12.2 Å². The van der Waals surface area contributed by atoms with E-state index >= 15 is 0 Å². The van der Waals surface area contributed by atoms with Gasteiger partial charge in [0.15, 0.2) is 20.5 Å². The largest absolute Gasteiger partial charge is 0.495 e. The Morgan fingerprint density at radius 1 is 1.22 bits per heavy atom. The number of unbranched alkanes of at least 4 members (excludes halogenated alkanes) is 1. The van der Waals surface area contributed by atoms with Gasteiger partial charge in [0.05, 0.1) is 26.5 Å². The van der Waals surface area contributed by atoms with Gasteiger partial charge in [0.2, 0.25) is 5.91 Å². The Kier molecular flexibility index (Phi) is 7.15. The molecule has 0 radical (unpaired) electrons. The van der Waals surface area contributed by atoms with Crippen LogP contribution in [0.3, 0.4) is 0 Å². The second kappa shape index (κ2) is 8.61. The maximum Gasteiger partial charge on any atom is 0.239 e. The lowest BCUT2D eigenvalue weighted by molar-refractivity contribution is -0.119. The van der Waals surface area contributed by atoms with E-state index in [9.17, 15) is 13.2 Å². The zero-order valence-corrected chi connectivity index (χ0v) is 14.7. The first kappa shape index (κ1) is 19.1. The Labute approximate surface area is 137 Å². The summed E-state index contributed by atoms with van der Waals surface area (Å²) in [7, 11) is -0.800. The molecule has 0 unspecified atom stereocenters. The Hall–Kier alpha value is -1.96. The maximum atomic E-state index is 12.0. The Morgan fingerprint density at radius 3 is 2.43 bits per heavy atom. The molecule has 8 heteroatoms. The molecule has 0 aromatic heterocycles. The van der Waals surface area contributed by atoms with Crippen LogP contribution in [0.25, 0.3) is 0 Å². The summed E-state index contributed by atoms with van der Waals surface area (Å²) in [6.45, 7) is 2.68. The minimum Gasteiger partial charge on any atom is -0.495 e. The van der Waals surface area contributed by atoms with E-state index in [1.165, 1.54) is 20.3 Å². The van der Waals surface area contributed by atoms with Crippen molar-refractivity contribution in [1.82, 2.24) is 5.32 Å². The number of anilines is 1. The summed E-state index contributed by atoms with van der Waals surface area (Å²) in [6.07, 6.45) is 2.99. The molecule has 0 heterocycles. The number of amides is 1. The second-order valence-electron chi connectivity index (χ2n) is 5.01. The highest BCUT2D eigenvalue weighted by Crippen LogP contribution is 2.39. The fourth-order valence-electron chi connectivity index (χ4n) is 2.04. The van der Waals surface area contributed by atoms with Crippen LogP contribution in [-0.2, 0) is 14.6 Å². The second-order valence-corrected chi connectivity index (χ2v) is 6.96. The van der Waals surface area contributed by atoms with Crippen LogP contribution in [-0.4, -0.2) is 47.9 Å². The molecule has 23 heavy (non-hydrogen) atoms. The molecule has 0 spiro atoms. The van der Waals surface area contributed by atoms with Gasteiger partial charge in [-0.2, -0.15) is 0 Å². The maximum absolute atomic E-state index is 12.0. The lowest BCUT2D eigenvalue weighted by atomic mass is 10.2.